The molecule has 0 aromatic heterocycles. The number of nitrogens with zero attached hydrogens (tertiary/aromatic N) is 3. The molecule has 0 amide bonds. The van der Waals surface area contributed by atoms with Gasteiger partial charge in [-0.1, -0.05) is 13.0 Å². The van der Waals surface area contributed by atoms with E-state index >= 15 is 0 Å². The first kappa shape index (κ1) is 14.2. The number of sulfonamides is 1. The lowest BCUT2D eigenvalue weighted by Gasteiger charge is -2.18. The highest BCUT2D eigenvalue weighted by molar-refractivity contribution is 7.89. The Morgan fingerprint density at radius 1 is 1.33 bits per heavy atom. The van der Waals surface area contributed by atoms with Crippen molar-refractivity contribution in [2.75, 3.05) is 13.1 Å². The van der Waals surface area contributed by atoms with Gasteiger partial charge in [0.2, 0.25) is 10.0 Å². The predicted molar refractivity (Wildman–Crippen MR) is 65.9 cm³/mol. The summed E-state index contributed by atoms with van der Waals surface area (Å²) in [6, 6.07) is 8.22. The van der Waals surface area contributed by atoms with Crippen molar-refractivity contribution < 1.29 is 8.42 Å². The molecule has 5 nitrogen and oxygen atoms in total. The Balaban J connectivity index is 3.37. The third-order valence-corrected chi connectivity index (χ3v) is 4.60. The van der Waals surface area contributed by atoms with E-state index in [-0.39, 0.29) is 23.5 Å². The van der Waals surface area contributed by atoms with Gasteiger partial charge in [-0.25, -0.2) is 8.42 Å². The van der Waals surface area contributed by atoms with Gasteiger partial charge >= 0.3 is 0 Å². The lowest BCUT2D eigenvalue weighted by atomic mass is 10.2. The molecule has 0 N–H and O–H groups in total. The number of benzene rings is 1. The van der Waals surface area contributed by atoms with Gasteiger partial charge in [-0.3, -0.25) is 0 Å². The average Bonchev–Trinajstić information content (AvgIpc) is 2.36. The van der Waals surface area contributed by atoms with Gasteiger partial charge in [0.1, 0.15) is 6.54 Å². The minimum Gasteiger partial charge on any atom is -0.207 e. The van der Waals surface area contributed by atoms with Crippen molar-refractivity contribution in [1.82, 2.24) is 4.31 Å². The van der Waals surface area contributed by atoms with Crippen molar-refractivity contribution in [2.24, 2.45) is 0 Å². The number of aryl methyl sites for hydroxylation is 1. The summed E-state index contributed by atoms with van der Waals surface area (Å²) < 4.78 is 25.7. The Hall–Kier alpha value is -1.89. The molecule has 0 unspecified atom stereocenters. The topological polar surface area (TPSA) is 85.0 Å². The van der Waals surface area contributed by atoms with Gasteiger partial charge in [0.15, 0.2) is 0 Å². The van der Waals surface area contributed by atoms with Gasteiger partial charge in [-0.05, 0) is 24.6 Å². The molecule has 1 aromatic carbocycles. The molecular formula is C12H13N3O2S. The molecule has 0 bridgehead atoms. The van der Waals surface area contributed by atoms with Crippen LogP contribution in [0.4, 0.5) is 0 Å². The van der Waals surface area contributed by atoms with Crippen LogP contribution >= 0.6 is 0 Å². The Bertz CT molecular complexity index is 624. The van der Waals surface area contributed by atoms with E-state index in [1.54, 1.807) is 26.0 Å². The third-order valence-electron chi connectivity index (χ3n) is 2.53. The van der Waals surface area contributed by atoms with Gasteiger partial charge in [0.05, 0.1) is 22.6 Å². The first-order valence-corrected chi connectivity index (χ1v) is 6.79. The van der Waals surface area contributed by atoms with E-state index in [4.69, 9.17) is 10.5 Å². The molecule has 0 saturated heterocycles. The fourth-order valence-electron chi connectivity index (χ4n) is 1.53. The van der Waals surface area contributed by atoms with Crippen LogP contribution in [-0.2, 0) is 10.0 Å². The fraction of sp³-hybridized carbons (Fsp3) is 0.333. The van der Waals surface area contributed by atoms with E-state index in [1.165, 1.54) is 6.07 Å². The Morgan fingerprint density at radius 2 is 2.00 bits per heavy atom. The summed E-state index contributed by atoms with van der Waals surface area (Å²) in [4.78, 5) is 0.0821. The molecule has 18 heavy (non-hydrogen) atoms. The summed E-state index contributed by atoms with van der Waals surface area (Å²) in [6.45, 7) is 3.34. The van der Waals surface area contributed by atoms with Crippen LogP contribution in [0, 0.1) is 29.6 Å². The lowest BCUT2D eigenvalue weighted by Crippen LogP contribution is -2.31. The maximum absolute atomic E-state index is 12.3. The van der Waals surface area contributed by atoms with Crippen LogP contribution in [0.15, 0.2) is 23.1 Å². The van der Waals surface area contributed by atoms with Crippen LogP contribution in [-0.4, -0.2) is 25.8 Å². The monoisotopic (exact) mass is 263 g/mol. The standard InChI is InChI=1S/C12H13N3O2S/c1-3-15(7-6-13)18(16,17)12-8-11(9-14)5-4-10(12)2/h4-5,8H,3,7H2,1-2H3. The zero-order valence-electron chi connectivity index (χ0n) is 10.2. The number of rotatable bonds is 4. The molecule has 0 atom stereocenters. The van der Waals surface area contributed by atoms with Crippen LogP contribution < -0.4 is 0 Å². The molecule has 0 fully saturated rings. The highest BCUT2D eigenvalue weighted by atomic mass is 32.2. The van der Waals surface area contributed by atoms with E-state index in [9.17, 15) is 8.42 Å². The van der Waals surface area contributed by atoms with Gasteiger partial charge in [-0.15, -0.1) is 0 Å². The van der Waals surface area contributed by atoms with Gasteiger partial charge < -0.3 is 0 Å². The van der Waals surface area contributed by atoms with Crippen molar-refractivity contribution >= 4 is 10.0 Å². The summed E-state index contributed by atoms with van der Waals surface area (Å²) in [5.41, 5.74) is 0.845. The van der Waals surface area contributed by atoms with Crippen LogP contribution in [0.25, 0.3) is 0 Å². The maximum Gasteiger partial charge on any atom is 0.244 e. The van der Waals surface area contributed by atoms with Gasteiger partial charge in [-0.2, -0.15) is 14.8 Å². The third kappa shape index (κ3) is 2.67. The minimum absolute atomic E-state index is 0.0821. The molecule has 94 valence electrons. The molecular weight excluding hydrogens is 250 g/mol. The molecule has 0 aliphatic rings. The molecule has 0 aliphatic carbocycles. The Kier molecular flexibility index (Phi) is 4.43. The summed E-state index contributed by atoms with van der Waals surface area (Å²) in [7, 11) is -3.72. The summed E-state index contributed by atoms with van der Waals surface area (Å²) >= 11 is 0. The summed E-state index contributed by atoms with van der Waals surface area (Å²) in [6.07, 6.45) is 0. The van der Waals surface area contributed by atoms with E-state index in [0.717, 1.165) is 4.31 Å². The Morgan fingerprint density at radius 3 is 2.50 bits per heavy atom. The van der Waals surface area contributed by atoms with E-state index in [2.05, 4.69) is 0 Å². The lowest BCUT2D eigenvalue weighted by molar-refractivity contribution is 0.462. The quantitative estimate of drug-likeness (QED) is 0.768. The number of hydrogen-bond acceptors (Lipinski definition) is 4. The second-order valence-corrected chi connectivity index (χ2v) is 5.59. The van der Waals surface area contributed by atoms with Gasteiger partial charge in [0.25, 0.3) is 0 Å². The maximum atomic E-state index is 12.3. The van der Waals surface area contributed by atoms with E-state index < -0.39 is 10.0 Å². The van der Waals surface area contributed by atoms with Crippen LogP contribution in [0.2, 0.25) is 0 Å². The van der Waals surface area contributed by atoms with Crippen molar-refractivity contribution in [2.45, 2.75) is 18.7 Å². The highest BCUT2D eigenvalue weighted by Gasteiger charge is 2.24. The first-order valence-electron chi connectivity index (χ1n) is 5.35. The van der Waals surface area contributed by atoms with Crippen molar-refractivity contribution in [3.05, 3.63) is 29.3 Å². The van der Waals surface area contributed by atoms with Crippen LogP contribution in [0.1, 0.15) is 18.1 Å². The zero-order chi connectivity index (χ0) is 13.8. The molecule has 1 aromatic rings. The molecule has 1 rings (SSSR count). The SMILES string of the molecule is CCN(CC#N)S(=O)(=O)c1cc(C#N)ccc1C. The molecule has 0 heterocycles. The van der Waals surface area contributed by atoms with E-state index in [1.807, 2.05) is 12.1 Å². The summed E-state index contributed by atoms with van der Waals surface area (Å²) in [5.74, 6) is 0. The molecule has 0 radical (unpaired) electrons. The molecule has 6 heteroatoms. The number of hydrogen-bond donors (Lipinski definition) is 0. The van der Waals surface area contributed by atoms with E-state index in [0.29, 0.717) is 5.56 Å². The first-order chi connectivity index (χ1) is 8.47. The zero-order valence-corrected chi connectivity index (χ0v) is 11.0. The molecule has 0 aliphatic heterocycles. The van der Waals surface area contributed by atoms with Crippen LogP contribution in [0.3, 0.4) is 0 Å². The predicted octanol–water partition coefficient (Wildman–Crippen LogP) is 1.40. The second-order valence-electron chi connectivity index (χ2n) is 3.68. The normalized spacial score (nSPS) is 10.9. The van der Waals surface area contributed by atoms with Crippen molar-refractivity contribution in [1.29, 1.82) is 10.5 Å². The molecule has 0 saturated carbocycles. The van der Waals surface area contributed by atoms with Crippen LogP contribution in [0.5, 0.6) is 0 Å². The second kappa shape index (κ2) is 5.63. The molecule has 0 spiro atoms. The Labute approximate surface area is 107 Å². The van der Waals surface area contributed by atoms with Crippen molar-refractivity contribution in [3.63, 3.8) is 0 Å². The number of nitriles is 2. The smallest absolute Gasteiger partial charge is 0.207 e. The highest BCUT2D eigenvalue weighted by Crippen LogP contribution is 2.20. The fourth-order valence-corrected chi connectivity index (χ4v) is 3.13. The van der Waals surface area contributed by atoms with Gasteiger partial charge in [0, 0.05) is 6.54 Å². The minimum atomic E-state index is -3.72. The van der Waals surface area contributed by atoms with Crippen molar-refractivity contribution in [3.8, 4) is 12.1 Å². The summed E-state index contributed by atoms with van der Waals surface area (Å²) in [5, 5.41) is 17.4. The average molecular weight is 263 g/mol. The largest absolute Gasteiger partial charge is 0.244 e.